The Morgan fingerprint density at radius 2 is 1.80 bits per heavy atom. The van der Waals surface area contributed by atoms with Crippen molar-refractivity contribution >= 4 is 17.7 Å². The molecule has 5 atom stereocenters. The first-order chi connectivity index (χ1) is 14.0. The van der Waals surface area contributed by atoms with E-state index in [1.54, 1.807) is 20.8 Å². The second-order valence-electron chi connectivity index (χ2n) is 9.98. The summed E-state index contributed by atoms with van der Waals surface area (Å²) in [6, 6.07) is 0. The minimum Gasteiger partial charge on any atom is -0.465 e. The fourth-order valence-electron chi connectivity index (χ4n) is 6.82. The second kappa shape index (κ2) is 7.22. The number of aryl methyl sites for hydroxylation is 1. The molecule has 0 aliphatic heterocycles. The van der Waals surface area contributed by atoms with E-state index in [9.17, 15) is 19.5 Å². The van der Waals surface area contributed by atoms with Crippen LogP contribution in [0.1, 0.15) is 84.0 Å². The summed E-state index contributed by atoms with van der Waals surface area (Å²) in [6.45, 7) is 4.93. The van der Waals surface area contributed by atoms with Crippen LogP contribution in [-0.2, 0) is 14.3 Å². The van der Waals surface area contributed by atoms with Crippen molar-refractivity contribution in [1.82, 2.24) is 4.98 Å². The average molecular weight is 418 g/mol. The van der Waals surface area contributed by atoms with Crippen LogP contribution >= 0.6 is 0 Å². The summed E-state index contributed by atoms with van der Waals surface area (Å²) in [7, 11) is 1.29. The van der Waals surface area contributed by atoms with Gasteiger partial charge >= 0.3 is 11.9 Å². The maximum atomic E-state index is 12.9. The molecule has 0 amide bonds. The first-order valence-corrected chi connectivity index (χ1v) is 10.8. The topological polar surface area (TPSA) is 106 Å². The lowest BCUT2D eigenvalue weighted by molar-refractivity contribution is -0.178. The Balaban J connectivity index is 1.43. The number of aromatic amines is 1. The molecule has 1 aromatic heterocycles. The molecular formula is C23H31NO6. The summed E-state index contributed by atoms with van der Waals surface area (Å²) < 4.78 is 10.3. The van der Waals surface area contributed by atoms with E-state index >= 15 is 0 Å². The molecule has 4 fully saturated rings. The Labute approximate surface area is 176 Å². The van der Waals surface area contributed by atoms with E-state index in [0.717, 1.165) is 32.1 Å². The summed E-state index contributed by atoms with van der Waals surface area (Å²) in [4.78, 5) is 40.5. The van der Waals surface area contributed by atoms with Gasteiger partial charge in [0.1, 0.15) is 0 Å². The molecule has 1 heterocycles. The normalized spacial score (nSPS) is 32.7. The minimum absolute atomic E-state index is 0.199. The molecule has 0 saturated heterocycles. The zero-order valence-corrected chi connectivity index (χ0v) is 18.2. The Hall–Kier alpha value is -2.15. The molecule has 4 bridgehead atoms. The highest BCUT2D eigenvalue weighted by Crippen LogP contribution is 2.62. The smallest absolute Gasteiger partial charge is 0.339 e. The van der Waals surface area contributed by atoms with Gasteiger partial charge < -0.3 is 19.6 Å². The zero-order valence-electron chi connectivity index (χ0n) is 18.2. The van der Waals surface area contributed by atoms with Gasteiger partial charge in [-0.05, 0) is 82.1 Å². The Bertz CT molecular complexity index is 886. The van der Waals surface area contributed by atoms with E-state index in [1.165, 1.54) is 7.11 Å². The number of H-pyrrole nitrogens is 1. The molecule has 0 spiro atoms. The van der Waals surface area contributed by atoms with Crippen molar-refractivity contribution in [1.29, 1.82) is 0 Å². The van der Waals surface area contributed by atoms with Gasteiger partial charge in [-0.2, -0.15) is 0 Å². The number of hydrogen-bond donors (Lipinski definition) is 2. The number of esters is 2. The maximum Gasteiger partial charge on any atom is 0.339 e. The van der Waals surface area contributed by atoms with E-state index in [-0.39, 0.29) is 23.3 Å². The number of nitrogens with one attached hydrogen (secondary N) is 1. The fraction of sp³-hybridized carbons (Fsp3) is 0.696. The first-order valence-electron chi connectivity index (χ1n) is 10.8. The van der Waals surface area contributed by atoms with E-state index in [1.807, 2.05) is 0 Å². The highest BCUT2D eigenvalue weighted by molar-refractivity contribution is 6.03. The van der Waals surface area contributed by atoms with Gasteiger partial charge in [-0.3, -0.25) is 9.59 Å². The molecule has 0 radical (unpaired) electrons. The number of methoxy groups -OCH3 is 1. The van der Waals surface area contributed by atoms with Gasteiger partial charge in [0.15, 0.2) is 6.10 Å². The maximum absolute atomic E-state index is 12.9. The predicted molar refractivity (Wildman–Crippen MR) is 108 cm³/mol. The molecule has 164 valence electrons. The summed E-state index contributed by atoms with van der Waals surface area (Å²) in [5.74, 6) is -0.294. The van der Waals surface area contributed by atoms with E-state index in [0.29, 0.717) is 35.1 Å². The third-order valence-corrected chi connectivity index (χ3v) is 7.42. The largest absolute Gasteiger partial charge is 0.465 e. The third kappa shape index (κ3) is 3.57. The van der Waals surface area contributed by atoms with Crippen LogP contribution in [0.5, 0.6) is 0 Å². The van der Waals surface area contributed by atoms with Crippen LogP contribution in [0.25, 0.3) is 0 Å². The number of hydrogen-bond acceptors (Lipinski definition) is 6. The molecule has 4 aliphatic rings. The lowest BCUT2D eigenvalue weighted by atomic mass is 9.47. The molecule has 7 heteroatoms. The molecule has 5 rings (SSSR count). The summed E-state index contributed by atoms with van der Waals surface area (Å²) >= 11 is 0. The number of carbonyl (C=O) groups is 3. The van der Waals surface area contributed by atoms with Crippen molar-refractivity contribution in [3.63, 3.8) is 0 Å². The standard InChI is InChI=1S/C23H31NO6/c1-12-18(21(27)29-4)13(2)24-19(12)20(26)14(3)30-17(25)10-22-6-15-5-16(7-22)9-23(28,8-15)11-22/h14-16,24,28H,5-11H2,1-4H3/t14-,15-,16+,22?,23?/m0/s1. The Kier molecular flexibility index (Phi) is 5.08. The number of ether oxygens (including phenoxy) is 2. The van der Waals surface area contributed by atoms with Crippen LogP contribution in [0, 0.1) is 31.1 Å². The van der Waals surface area contributed by atoms with Crippen molar-refractivity contribution in [3.05, 3.63) is 22.5 Å². The molecule has 4 aliphatic carbocycles. The average Bonchev–Trinajstić information content (AvgIpc) is 2.91. The van der Waals surface area contributed by atoms with Crippen LogP contribution in [-0.4, -0.2) is 46.6 Å². The number of ketones is 1. The quantitative estimate of drug-likeness (QED) is 0.544. The predicted octanol–water partition coefficient (Wildman–Crippen LogP) is 3.25. The molecule has 4 saturated carbocycles. The Morgan fingerprint density at radius 3 is 2.37 bits per heavy atom. The van der Waals surface area contributed by atoms with Crippen LogP contribution in [0.2, 0.25) is 0 Å². The van der Waals surface area contributed by atoms with Gasteiger partial charge in [-0.15, -0.1) is 0 Å². The lowest BCUT2D eigenvalue weighted by Gasteiger charge is -2.60. The fourth-order valence-corrected chi connectivity index (χ4v) is 6.82. The second-order valence-corrected chi connectivity index (χ2v) is 9.98. The van der Waals surface area contributed by atoms with Crippen molar-refractivity contribution < 1.29 is 29.0 Å². The third-order valence-electron chi connectivity index (χ3n) is 7.42. The van der Waals surface area contributed by atoms with Gasteiger partial charge in [0.2, 0.25) is 5.78 Å². The van der Waals surface area contributed by atoms with Gasteiger partial charge in [0.25, 0.3) is 0 Å². The molecule has 2 unspecified atom stereocenters. The molecule has 7 nitrogen and oxygen atoms in total. The molecule has 2 N–H and O–H groups in total. The number of rotatable bonds is 6. The van der Waals surface area contributed by atoms with Crippen LogP contribution < -0.4 is 0 Å². The molecule has 30 heavy (non-hydrogen) atoms. The SMILES string of the molecule is COC(=O)c1c(C)[nH]c(C(=O)[C@H](C)OC(=O)CC23C[C@@H]4C[C@@H](CC(O)(C4)C2)C3)c1C. The van der Waals surface area contributed by atoms with Gasteiger partial charge in [-0.1, -0.05) is 0 Å². The highest BCUT2D eigenvalue weighted by atomic mass is 16.5. The molecule has 0 aromatic carbocycles. The van der Waals surface area contributed by atoms with Crippen molar-refractivity contribution in [2.45, 2.75) is 77.4 Å². The minimum atomic E-state index is -0.961. The monoisotopic (exact) mass is 417 g/mol. The van der Waals surface area contributed by atoms with E-state index < -0.39 is 23.6 Å². The van der Waals surface area contributed by atoms with Crippen molar-refractivity contribution in [2.75, 3.05) is 7.11 Å². The number of carbonyl (C=O) groups excluding carboxylic acids is 3. The summed E-state index contributed by atoms with van der Waals surface area (Å²) in [5, 5.41) is 10.9. The van der Waals surface area contributed by atoms with Crippen LogP contribution in [0.15, 0.2) is 0 Å². The zero-order chi connectivity index (χ0) is 21.8. The lowest BCUT2D eigenvalue weighted by Crippen LogP contribution is -2.56. The van der Waals surface area contributed by atoms with E-state index in [4.69, 9.17) is 9.47 Å². The number of aromatic nitrogens is 1. The van der Waals surface area contributed by atoms with Crippen LogP contribution in [0.3, 0.4) is 0 Å². The molecular weight excluding hydrogens is 386 g/mol. The number of aliphatic hydroxyl groups is 1. The van der Waals surface area contributed by atoms with Crippen molar-refractivity contribution in [2.24, 2.45) is 17.3 Å². The summed E-state index contributed by atoms with van der Waals surface area (Å²) in [5.41, 5.74) is 0.807. The molecule has 1 aromatic rings. The Morgan fingerprint density at radius 1 is 1.17 bits per heavy atom. The van der Waals surface area contributed by atoms with Gasteiger partial charge in [0, 0.05) is 5.69 Å². The van der Waals surface area contributed by atoms with Gasteiger partial charge in [-0.25, -0.2) is 4.79 Å². The number of Topliss-reactive ketones (excluding diaryl/α,β-unsaturated/α-hetero) is 1. The van der Waals surface area contributed by atoms with Crippen molar-refractivity contribution in [3.8, 4) is 0 Å². The first kappa shape index (κ1) is 21.1. The van der Waals surface area contributed by atoms with E-state index in [2.05, 4.69) is 4.98 Å². The van der Waals surface area contributed by atoms with Gasteiger partial charge in [0.05, 0.1) is 30.4 Å². The summed E-state index contributed by atoms with van der Waals surface area (Å²) in [6.07, 6.45) is 4.71. The van der Waals surface area contributed by atoms with Crippen LogP contribution in [0.4, 0.5) is 0 Å². The highest BCUT2D eigenvalue weighted by Gasteiger charge is 2.57.